The Balaban J connectivity index is 1.05. The fourth-order valence-electron chi connectivity index (χ4n) is 8.05. The maximum absolute atomic E-state index is 6.56. The Morgan fingerprint density at radius 2 is 1.04 bits per heavy atom. The van der Waals surface area contributed by atoms with E-state index in [1.807, 2.05) is 48.8 Å². The summed E-state index contributed by atoms with van der Waals surface area (Å²) in [5.74, 6) is 0.788. The molecule has 11 rings (SSSR count). The highest BCUT2D eigenvalue weighted by molar-refractivity contribution is 6.17. The second-order valence-electron chi connectivity index (χ2n) is 14.1. The van der Waals surface area contributed by atoms with Gasteiger partial charge in [0, 0.05) is 73.8 Å². The van der Waals surface area contributed by atoms with Crippen molar-refractivity contribution >= 4 is 60.9 Å². The van der Waals surface area contributed by atoms with Crippen LogP contribution < -0.4 is 4.90 Å². The highest BCUT2D eigenvalue weighted by Crippen LogP contribution is 2.41. The fourth-order valence-corrected chi connectivity index (χ4v) is 8.05. The zero-order valence-corrected chi connectivity index (χ0v) is 30.7. The number of fused-ring (bicyclic) bond motifs is 6. The number of pyridine rings is 3. The number of aromatic nitrogens is 4. The van der Waals surface area contributed by atoms with E-state index in [1.54, 1.807) is 0 Å². The largest absolute Gasteiger partial charge is 0.456 e. The molecular formula is C51H33N5O. The van der Waals surface area contributed by atoms with Crippen molar-refractivity contribution in [3.8, 4) is 39.5 Å². The predicted octanol–water partition coefficient (Wildman–Crippen LogP) is 13.3. The van der Waals surface area contributed by atoms with Crippen LogP contribution in [0.25, 0.3) is 83.2 Å². The van der Waals surface area contributed by atoms with E-state index in [4.69, 9.17) is 9.40 Å². The molecule has 5 aromatic heterocycles. The van der Waals surface area contributed by atoms with Crippen molar-refractivity contribution in [3.05, 3.63) is 200 Å². The molecular weight excluding hydrogens is 699 g/mol. The highest BCUT2D eigenvalue weighted by atomic mass is 16.3. The topological polar surface area (TPSA) is 60.0 Å². The summed E-state index contributed by atoms with van der Waals surface area (Å²) in [4.78, 5) is 16.8. The van der Waals surface area contributed by atoms with Gasteiger partial charge in [-0.25, -0.2) is 4.98 Å². The molecule has 0 aliphatic carbocycles. The maximum Gasteiger partial charge on any atom is 0.138 e. The normalized spacial score (nSPS) is 11.5. The van der Waals surface area contributed by atoms with E-state index in [9.17, 15) is 0 Å². The highest BCUT2D eigenvalue weighted by Gasteiger charge is 2.19. The van der Waals surface area contributed by atoms with Gasteiger partial charge in [0.05, 0.1) is 28.1 Å². The molecule has 6 nitrogen and oxygen atoms in total. The summed E-state index contributed by atoms with van der Waals surface area (Å²) >= 11 is 0. The number of furan rings is 1. The minimum Gasteiger partial charge on any atom is -0.456 e. The summed E-state index contributed by atoms with van der Waals surface area (Å²) < 4.78 is 8.88. The number of anilines is 3. The molecule has 0 aliphatic rings. The van der Waals surface area contributed by atoms with Gasteiger partial charge in [-0.05, 0) is 103 Å². The summed E-state index contributed by atoms with van der Waals surface area (Å²) in [6.45, 7) is 0. The zero-order valence-electron chi connectivity index (χ0n) is 30.7. The first-order valence-electron chi connectivity index (χ1n) is 19.0. The van der Waals surface area contributed by atoms with E-state index in [0.717, 1.165) is 89.6 Å². The number of para-hydroxylation sites is 2. The van der Waals surface area contributed by atoms with Gasteiger partial charge in [-0.2, -0.15) is 0 Å². The van der Waals surface area contributed by atoms with Crippen molar-refractivity contribution in [1.29, 1.82) is 0 Å². The van der Waals surface area contributed by atoms with Gasteiger partial charge in [-0.3, -0.25) is 14.9 Å². The van der Waals surface area contributed by atoms with Crippen molar-refractivity contribution in [2.45, 2.75) is 0 Å². The third kappa shape index (κ3) is 5.70. The maximum atomic E-state index is 6.56. The first-order chi connectivity index (χ1) is 28.2. The van der Waals surface area contributed by atoms with E-state index in [-0.39, 0.29) is 0 Å². The molecule has 0 saturated carbocycles. The Morgan fingerprint density at radius 3 is 1.75 bits per heavy atom. The van der Waals surface area contributed by atoms with Gasteiger partial charge in [-0.15, -0.1) is 0 Å². The van der Waals surface area contributed by atoms with Crippen LogP contribution in [0.4, 0.5) is 17.2 Å². The van der Waals surface area contributed by atoms with Crippen molar-refractivity contribution in [3.63, 3.8) is 0 Å². The van der Waals surface area contributed by atoms with E-state index in [1.165, 1.54) is 10.8 Å². The molecule has 0 amide bonds. The minimum absolute atomic E-state index is 0.788. The van der Waals surface area contributed by atoms with Crippen LogP contribution in [0.3, 0.4) is 0 Å². The van der Waals surface area contributed by atoms with E-state index in [0.29, 0.717) is 0 Å². The number of rotatable bonds is 7. The summed E-state index contributed by atoms with van der Waals surface area (Å²) in [5.41, 5.74) is 12.7. The van der Waals surface area contributed by atoms with Gasteiger partial charge in [0.15, 0.2) is 0 Å². The molecule has 0 aliphatic heterocycles. The molecule has 57 heavy (non-hydrogen) atoms. The van der Waals surface area contributed by atoms with E-state index < -0.39 is 0 Å². The number of nitrogens with zero attached hydrogens (tertiary/aromatic N) is 5. The van der Waals surface area contributed by atoms with Gasteiger partial charge in [0.2, 0.25) is 0 Å². The van der Waals surface area contributed by atoms with Crippen LogP contribution in [-0.2, 0) is 0 Å². The average Bonchev–Trinajstić information content (AvgIpc) is 3.81. The molecule has 6 heteroatoms. The lowest BCUT2D eigenvalue weighted by molar-refractivity contribution is 0.669. The third-order valence-corrected chi connectivity index (χ3v) is 10.7. The van der Waals surface area contributed by atoms with Crippen LogP contribution in [0.2, 0.25) is 0 Å². The molecule has 0 atom stereocenters. The number of hydrogen-bond acceptors (Lipinski definition) is 5. The second-order valence-corrected chi connectivity index (χ2v) is 14.1. The van der Waals surface area contributed by atoms with Crippen molar-refractivity contribution in [1.82, 2.24) is 19.5 Å². The Hall–Kier alpha value is -7.83. The van der Waals surface area contributed by atoms with Crippen LogP contribution in [0.15, 0.2) is 205 Å². The van der Waals surface area contributed by atoms with Crippen molar-refractivity contribution in [2.24, 2.45) is 0 Å². The molecule has 0 radical (unpaired) electrons. The van der Waals surface area contributed by atoms with Gasteiger partial charge in [-0.1, -0.05) is 78.9 Å². The Morgan fingerprint density at radius 1 is 0.404 bits per heavy atom. The molecule has 11 aromatic rings. The third-order valence-electron chi connectivity index (χ3n) is 10.7. The van der Waals surface area contributed by atoms with Crippen LogP contribution in [0.5, 0.6) is 0 Å². The lowest BCUT2D eigenvalue weighted by Crippen LogP contribution is -2.12. The molecule has 6 aromatic carbocycles. The first-order valence-corrected chi connectivity index (χ1v) is 19.0. The molecule has 0 unspecified atom stereocenters. The zero-order chi connectivity index (χ0) is 37.7. The molecule has 0 fully saturated rings. The Kier molecular flexibility index (Phi) is 7.71. The SMILES string of the molecule is c1ccc(-n2c3ccccc3c3cc4c(cc32)oc2ccc(-c3cccc(N(c5cccc(-c6ccccn6)c5)c5cccc(-c6ccccn6)c5)n3)cc24)cc1. The van der Waals surface area contributed by atoms with Crippen LogP contribution >= 0.6 is 0 Å². The summed E-state index contributed by atoms with van der Waals surface area (Å²) in [6, 6.07) is 65.1. The Bertz CT molecular complexity index is 3160. The van der Waals surface area contributed by atoms with Gasteiger partial charge in [0.1, 0.15) is 17.0 Å². The number of benzene rings is 6. The lowest BCUT2D eigenvalue weighted by Gasteiger charge is -2.26. The van der Waals surface area contributed by atoms with Gasteiger partial charge < -0.3 is 8.98 Å². The smallest absolute Gasteiger partial charge is 0.138 e. The van der Waals surface area contributed by atoms with Crippen LogP contribution in [-0.4, -0.2) is 19.5 Å². The molecule has 0 bridgehead atoms. The molecule has 0 saturated heterocycles. The molecule has 0 N–H and O–H groups in total. The summed E-state index contributed by atoms with van der Waals surface area (Å²) in [5, 5.41) is 4.52. The molecule has 5 heterocycles. The van der Waals surface area contributed by atoms with Gasteiger partial charge >= 0.3 is 0 Å². The van der Waals surface area contributed by atoms with Crippen molar-refractivity contribution in [2.75, 3.05) is 4.90 Å². The summed E-state index contributed by atoms with van der Waals surface area (Å²) in [7, 11) is 0. The standard InChI is InChI=1S/C51H33N5O/c1-2-15-37(16-3-1)56-47-23-5-4-19-40(47)41-32-43-42-31-36(25-26-49(42)57-50(43)33-48(41)56)46-22-12-24-51(54-46)55(38-17-10-13-34(29-38)44-20-6-8-27-52-44)39-18-11-14-35(30-39)45-21-7-9-28-53-45/h1-33H. The Labute approximate surface area is 328 Å². The number of hydrogen-bond donors (Lipinski definition) is 0. The predicted molar refractivity (Wildman–Crippen MR) is 232 cm³/mol. The lowest BCUT2D eigenvalue weighted by atomic mass is 10.0. The quantitative estimate of drug-likeness (QED) is 0.163. The monoisotopic (exact) mass is 731 g/mol. The van der Waals surface area contributed by atoms with E-state index in [2.05, 4.69) is 171 Å². The molecule has 268 valence electrons. The van der Waals surface area contributed by atoms with E-state index >= 15 is 0 Å². The van der Waals surface area contributed by atoms with Crippen LogP contribution in [0, 0.1) is 0 Å². The first kappa shape index (κ1) is 32.6. The molecule has 0 spiro atoms. The van der Waals surface area contributed by atoms with Gasteiger partial charge in [0.25, 0.3) is 0 Å². The fraction of sp³-hybridized carbons (Fsp3) is 0. The van der Waals surface area contributed by atoms with Crippen LogP contribution in [0.1, 0.15) is 0 Å². The average molecular weight is 732 g/mol. The summed E-state index contributed by atoms with van der Waals surface area (Å²) in [6.07, 6.45) is 3.65. The minimum atomic E-state index is 0.788. The van der Waals surface area contributed by atoms with Crippen molar-refractivity contribution < 1.29 is 4.42 Å². The second kappa shape index (κ2) is 13.5.